The van der Waals surface area contributed by atoms with Gasteiger partial charge in [-0.05, 0) is 0 Å². The lowest BCUT2D eigenvalue weighted by atomic mass is 9.73. The summed E-state index contributed by atoms with van der Waals surface area (Å²) in [5.74, 6) is -1.18. The van der Waals surface area contributed by atoms with Crippen molar-refractivity contribution in [2.24, 2.45) is 23.7 Å². The van der Waals surface area contributed by atoms with E-state index in [1.165, 1.54) is 0 Å². The van der Waals surface area contributed by atoms with E-state index >= 15 is 0 Å². The van der Waals surface area contributed by atoms with Crippen molar-refractivity contribution in [3.8, 4) is 0 Å². The third-order valence-corrected chi connectivity index (χ3v) is 10.0. The van der Waals surface area contributed by atoms with Crippen LogP contribution in [0.3, 0.4) is 0 Å². The predicted molar refractivity (Wildman–Crippen MR) is 78.0 cm³/mol. The Balaban J connectivity index is 1.82. The van der Waals surface area contributed by atoms with E-state index in [2.05, 4.69) is 0 Å². The highest BCUT2D eigenvalue weighted by Gasteiger charge is 2.91. The quantitative estimate of drug-likeness (QED) is 0.356. The summed E-state index contributed by atoms with van der Waals surface area (Å²) in [7, 11) is 0. The average molecular weight is 395 g/mol. The zero-order valence-corrected chi connectivity index (χ0v) is 14.1. The lowest BCUT2D eigenvalue weighted by Crippen LogP contribution is -2.47. The maximum Gasteiger partial charge on any atom is 0.166 e. The number of epoxide rings is 1. The van der Waals surface area contributed by atoms with Crippen LogP contribution in [0.1, 0.15) is 0 Å². The molecule has 0 aromatic rings. The largest absolute Gasteiger partial charge is 0.368 e. The maximum absolute atomic E-state index is 12.5. The molecule has 4 aliphatic carbocycles. The SMILES string of the molecule is O=C1[C@@H]2[C@@H]3O[C@@H]3[C@H]1[C@@H]1[C@H]2[C@]2(Cl)C(Cl)=C(Cl)[C@@]1(Cl)C2(Cl)Cl. The summed E-state index contributed by atoms with van der Waals surface area (Å²) in [6.07, 6.45) is -0.173. The van der Waals surface area contributed by atoms with Gasteiger partial charge in [0, 0.05) is 11.8 Å². The number of carbonyl (C=O) groups is 1. The molecule has 0 spiro atoms. The zero-order valence-electron chi connectivity index (χ0n) is 9.55. The molecule has 2 nitrogen and oxygen atoms in total. The van der Waals surface area contributed by atoms with E-state index in [0.29, 0.717) is 0 Å². The van der Waals surface area contributed by atoms with Crippen LogP contribution in [0.5, 0.6) is 0 Å². The van der Waals surface area contributed by atoms with E-state index in [1.807, 2.05) is 0 Å². The third-order valence-electron chi connectivity index (χ3n) is 5.75. The molecular weight excluding hydrogens is 389 g/mol. The Morgan fingerprint density at radius 1 is 0.850 bits per heavy atom. The lowest BCUT2D eigenvalue weighted by Gasteiger charge is -2.36. The molecular formula is C12H6Cl6O2. The first-order chi connectivity index (χ1) is 9.20. The average Bonchev–Trinajstić information content (AvgIpc) is 3.01. The predicted octanol–water partition coefficient (Wildman–Crippen LogP) is 3.66. The van der Waals surface area contributed by atoms with Crippen LogP contribution in [0, 0.1) is 23.7 Å². The van der Waals surface area contributed by atoms with Gasteiger partial charge in [0.2, 0.25) is 0 Å². The van der Waals surface area contributed by atoms with E-state index < -0.39 is 14.1 Å². The van der Waals surface area contributed by atoms with Gasteiger partial charge in [0.05, 0.1) is 34.1 Å². The molecule has 8 atom stereocenters. The zero-order chi connectivity index (χ0) is 14.4. The Hall–Kier alpha value is 1.11. The number of hydrogen-bond acceptors (Lipinski definition) is 2. The molecule has 0 N–H and O–H groups in total. The highest BCUT2D eigenvalue weighted by molar-refractivity contribution is 6.65. The van der Waals surface area contributed by atoms with Crippen molar-refractivity contribution < 1.29 is 9.53 Å². The van der Waals surface area contributed by atoms with Gasteiger partial charge in [-0.2, -0.15) is 0 Å². The third kappa shape index (κ3) is 0.953. The molecule has 108 valence electrons. The number of halogens is 6. The fourth-order valence-corrected chi connectivity index (χ4v) is 8.11. The van der Waals surface area contributed by atoms with Gasteiger partial charge in [-0.15, -0.1) is 23.2 Å². The molecule has 3 saturated carbocycles. The molecule has 20 heavy (non-hydrogen) atoms. The van der Waals surface area contributed by atoms with Crippen LogP contribution < -0.4 is 0 Å². The number of carbonyl (C=O) groups excluding carboxylic acids is 1. The van der Waals surface area contributed by atoms with Crippen molar-refractivity contribution in [1.29, 1.82) is 0 Å². The summed E-state index contributed by atoms with van der Waals surface area (Å²) < 4.78 is 4.03. The second kappa shape index (κ2) is 3.31. The van der Waals surface area contributed by atoms with Crippen LogP contribution >= 0.6 is 69.6 Å². The van der Waals surface area contributed by atoms with Crippen molar-refractivity contribution in [3.63, 3.8) is 0 Å². The Morgan fingerprint density at radius 3 is 1.65 bits per heavy atom. The molecule has 0 radical (unpaired) electrons. The number of Topliss-reactive ketones (excluding diaryl/α,β-unsaturated/α-hetero) is 1. The summed E-state index contributed by atoms with van der Waals surface area (Å²) in [5, 5.41) is 0.333. The van der Waals surface area contributed by atoms with Crippen molar-refractivity contribution in [2.75, 3.05) is 0 Å². The summed E-state index contributed by atoms with van der Waals surface area (Å²) in [6.45, 7) is 0. The molecule has 5 rings (SSSR count). The van der Waals surface area contributed by atoms with Gasteiger partial charge in [0.25, 0.3) is 0 Å². The Labute approximate surface area is 144 Å². The molecule has 8 heteroatoms. The normalized spacial score (nSPS) is 64.0. The van der Waals surface area contributed by atoms with E-state index in [-0.39, 0.29) is 51.7 Å². The molecule has 0 unspecified atom stereocenters. The highest BCUT2D eigenvalue weighted by atomic mass is 35.5. The lowest BCUT2D eigenvalue weighted by molar-refractivity contribution is -0.125. The topological polar surface area (TPSA) is 29.6 Å². The number of ether oxygens (including phenoxy) is 1. The highest BCUT2D eigenvalue weighted by Crippen LogP contribution is 2.83. The van der Waals surface area contributed by atoms with Gasteiger partial charge in [0.1, 0.15) is 15.5 Å². The number of hydrogen-bond donors (Lipinski definition) is 0. The van der Waals surface area contributed by atoms with Gasteiger partial charge < -0.3 is 4.74 Å². The van der Waals surface area contributed by atoms with Gasteiger partial charge in [-0.1, -0.05) is 46.4 Å². The second-order valence-corrected chi connectivity index (χ2v) is 9.47. The first-order valence-corrected chi connectivity index (χ1v) is 8.48. The molecule has 1 heterocycles. The number of rotatable bonds is 0. The Kier molecular flexibility index (Phi) is 2.24. The van der Waals surface area contributed by atoms with E-state index in [4.69, 9.17) is 74.3 Å². The van der Waals surface area contributed by atoms with E-state index in [0.717, 1.165) is 0 Å². The molecule has 0 aromatic carbocycles. The van der Waals surface area contributed by atoms with Gasteiger partial charge in [-0.3, -0.25) is 4.79 Å². The molecule has 5 aliphatic rings. The van der Waals surface area contributed by atoms with Crippen LogP contribution in [0.25, 0.3) is 0 Å². The van der Waals surface area contributed by atoms with E-state index in [9.17, 15) is 4.79 Å². The summed E-state index contributed by atoms with van der Waals surface area (Å²) >= 11 is 39.1. The van der Waals surface area contributed by atoms with Crippen molar-refractivity contribution in [3.05, 3.63) is 10.1 Å². The van der Waals surface area contributed by atoms with Gasteiger partial charge >= 0.3 is 0 Å². The van der Waals surface area contributed by atoms with E-state index in [1.54, 1.807) is 0 Å². The van der Waals surface area contributed by atoms with Gasteiger partial charge in [0.15, 0.2) is 4.33 Å². The first kappa shape index (κ1) is 13.5. The number of allylic oxidation sites excluding steroid dienone is 2. The number of fused-ring (bicyclic) bond motifs is 12. The number of ketones is 1. The van der Waals surface area contributed by atoms with Crippen LogP contribution in [0.2, 0.25) is 0 Å². The Bertz CT molecular complexity index is 583. The summed E-state index contributed by atoms with van der Waals surface area (Å²) in [5.41, 5.74) is 0. The minimum atomic E-state index is -1.54. The first-order valence-electron chi connectivity index (χ1n) is 6.21. The second-order valence-electron chi connectivity index (χ2n) is 6.20. The minimum Gasteiger partial charge on any atom is -0.368 e. The van der Waals surface area contributed by atoms with Crippen LogP contribution in [-0.4, -0.2) is 32.1 Å². The van der Waals surface area contributed by atoms with Crippen LogP contribution in [-0.2, 0) is 9.53 Å². The number of alkyl halides is 4. The van der Waals surface area contributed by atoms with Crippen molar-refractivity contribution >= 4 is 75.4 Å². The maximum atomic E-state index is 12.5. The van der Waals surface area contributed by atoms with Crippen molar-refractivity contribution in [1.82, 2.24) is 0 Å². The van der Waals surface area contributed by atoms with Gasteiger partial charge in [-0.25, -0.2) is 0 Å². The van der Waals surface area contributed by atoms with Crippen LogP contribution in [0.4, 0.5) is 0 Å². The fraction of sp³-hybridized carbons (Fsp3) is 0.750. The molecule has 1 saturated heterocycles. The fourth-order valence-electron chi connectivity index (χ4n) is 5.03. The summed E-state index contributed by atoms with van der Waals surface area (Å²) in [6, 6.07) is 0. The van der Waals surface area contributed by atoms with Crippen LogP contribution in [0.15, 0.2) is 10.1 Å². The molecule has 4 bridgehead atoms. The minimum absolute atomic E-state index is 0.0867. The standard InChI is InChI=1S/C12H6Cl6O2/c13-8-9(14)11(16)4-2-5(19)1(6-7(2)20-6)3(4)10(8,15)12(11,17)18/h1-4,6-7H/t1-,2+,3+,4-,6+,7-,10+,11-. The molecule has 0 amide bonds. The molecule has 0 aromatic heterocycles. The summed E-state index contributed by atoms with van der Waals surface area (Å²) in [4.78, 5) is 9.81. The van der Waals surface area contributed by atoms with Crippen molar-refractivity contribution in [2.45, 2.75) is 26.3 Å². The Morgan fingerprint density at radius 2 is 1.25 bits per heavy atom. The monoisotopic (exact) mass is 392 g/mol. The molecule has 1 aliphatic heterocycles. The smallest absolute Gasteiger partial charge is 0.166 e. The molecule has 4 fully saturated rings.